The Balaban J connectivity index is 2.91. The van der Waals surface area contributed by atoms with Gasteiger partial charge < -0.3 is 15.3 Å². The molecule has 1 heterocycles. The summed E-state index contributed by atoms with van der Waals surface area (Å²) in [6, 6.07) is 5.11. The van der Waals surface area contributed by atoms with E-state index in [4.69, 9.17) is 15.3 Å². The highest BCUT2D eigenvalue weighted by molar-refractivity contribution is 5.83. The van der Waals surface area contributed by atoms with E-state index in [9.17, 15) is 4.79 Å². The molecule has 78 valence electrons. The van der Waals surface area contributed by atoms with Crippen LogP contribution in [0.1, 0.15) is 11.1 Å². The molecule has 0 aliphatic heterocycles. The maximum atomic E-state index is 11.4. The standard InChI is InChI=1S/C11H11NO3/c1-6-8-3-2-7(12)4-10(8)15-11(14)9(6)5-13/h2-4,13H,5,12H2,1H3. The molecule has 0 spiro atoms. The molecule has 0 radical (unpaired) electrons. The summed E-state index contributed by atoms with van der Waals surface area (Å²) in [5.74, 6) is 0. The number of nitrogen functional groups attached to an aromatic ring is 1. The minimum atomic E-state index is -0.506. The summed E-state index contributed by atoms with van der Waals surface area (Å²) < 4.78 is 5.05. The number of rotatable bonds is 1. The van der Waals surface area contributed by atoms with Crippen LogP contribution < -0.4 is 11.4 Å². The van der Waals surface area contributed by atoms with Crippen LogP contribution in [0, 0.1) is 6.92 Å². The summed E-state index contributed by atoms with van der Waals surface area (Å²) in [7, 11) is 0. The summed E-state index contributed by atoms with van der Waals surface area (Å²) in [4.78, 5) is 11.4. The van der Waals surface area contributed by atoms with Crippen molar-refractivity contribution in [2.75, 3.05) is 5.73 Å². The highest BCUT2D eigenvalue weighted by Gasteiger charge is 2.09. The van der Waals surface area contributed by atoms with E-state index in [1.165, 1.54) is 0 Å². The number of aryl methyl sites for hydroxylation is 1. The monoisotopic (exact) mass is 205 g/mol. The Morgan fingerprint density at radius 2 is 2.20 bits per heavy atom. The minimum Gasteiger partial charge on any atom is -0.422 e. The van der Waals surface area contributed by atoms with Crippen molar-refractivity contribution in [2.45, 2.75) is 13.5 Å². The molecule has 0 aliphatic carbocycles. The Bertz CT molecular complexity index is 572. The van der Waals surface area contributed by atoms with Crippen LogP contribution >= 0.6 is 0 Å². The van der Waals surface area contributed by atoms with Crippen LogP contribution in [0.25, 0.3) is 11.0 Å². The Kier molecular flexibility index (Phi) is 2.21. The highest BCUT2D eigenvalue weighted by Crippen LogP contribution is 2.21. The average Bonchev–Trinajstić information content (AvgIpc) is 2.17. The number of hydrogen-bond donors (Lipinski definition) is 2. The van der Waals surface area contributed by atoms with E-state index in [1.807, 2.05) is 0 Å². The summed E-state index contributed by atoms with van der Waals surface area (Å²) in [6.07, 6.45) is 0. The molecule has 2 rings (SSSR count). The van der Waals surface area contributed by atoms with Gasteiger partial charge in [-0.1, -0.05) is 0 Å². The van der Waals surface area contributed by atoms with E-state index in [0.29, 0.717) is 16.8 Å². The van der Waals surface area contributed by atoms with Crippen LogP contribution in [-0.2, 0) is 6.61 Å². The third kappa shape index (κ3) is 1.49. The molecule has 0 saturated carbocycles. The molecule has 4 nitrogen and oxygen atoms in total. The van der Waals surface area contributed by atoms with Crippen molar-refractivity contribution < 1.29 is 9.52 Å². The Morgan fingerprint density at radius 1 is 1.47 bits per heavy atom. The fourth-order valence-electron chi connectivity index (χ4n) is 1.59. The SMILES string of the molecule is Cc1c(CO)c(=O)oc2cc(N)ccc12. The summed E-state index contributed by atoms with van der Waals surface area (Å²) in [5.41, 5.74) is 7.11. The first-order chi connectivity index (χ1) is 7.13. The van der Waals surface area contributed by atoms with Crippen molar-refractivity contribution in [1.29, 1.82) is 0 Å². The second-order valence-corrected chi connectivity index (χ2v) is 3.41. The predicted molar refractivity (Wildman–Crippen MR) is 57.6 cm³/mol. The largest absolute Gasteiger partial charge is 0.422 e. The smallest absolute Gasteiger partial charge is 0.342 e. The van der Waals surface area contributed by atoms with E-state index in [2.05, 4.69) is 0 Å². The van der Waals surface area contributed by atoms with Gasteiger partial charge in [-0.3, -0.25) is 0 Å². The number of fused-ring (bicyclic) bond motifs is 1. The second kappa shape index (κ2) is 3.40. The molecule has 0 aliphatic rings. The second-order valence-electron chi connectivity index (χ2n) is 3.41. The predicted octanol–water partition coefficient (Wildman–Crippen LogP) is 1.18. The molecule has 0 fully saturated rings. The van der Waals surface area contributed by atoms with Crippen molar-refractivity contribution in [1.82, 2.24) is 0 Å². The first kappa shape index (κ1) is 9.73. The lowest BCUT2D eigenvalue weighted by molar-refractivity contribution is 0.275. The molecule has 15 heavy (non-hydrogen) atoms. The van der Waals surface area contributed by atoms with Gasteiger partial charge in [-0.05, 0) is 24.6 Å². The van der Waals surface area contributed by atoms with Crippen molar-refractivity contribution in [2.24, 2.45) is 0 Å². The average molecular weight is 205 g/mol. The molecule has 0 amide bonds. The Labute approximate surface area is 85.9 Å². The summed E-state index contributed by atoms with van der Waals surface area (Å²) in [6.45, 7) is 1.47. The number of aliphatic hydroxyl groups is 1. The van der Waals surface area contributed by atoms with Gasteiger partial charge in [0.2, 0.25) is 0 Å². The van der Waals surface area contributed by atoms with Crippen LogP contribution in [0.5, 0.6) is 0 Å². The number of nitrogens with two attached hydrogens (primary N) is 1. The summed E-state index contributed by atoms with van der Waals surface area (Å²) in [5, 5.41) is 9.83. The zero-order chi connectivity index (χ0) is 11.0. The molecular formula is C11H11NO3. The van der Waals surface area contributed by atoms with E-state index in [-0.39, 0.29) is 6.61 Å². The molecule has 0 bridgehead atoms. The van der Waals surface area contributed by atoms with Gasteiger partial charge in [0.15, 0.2) is 0 Å². The number of benzene rings is 1. The van der Waals surface area contributed by atoms with Crippen LogP contribution in [0.3, 0.4) is 0 Å². The lowest BCUT2D eigenvalue weighted by Gasteiger charge is -2.05. The van der Waals surface area contributed by atoms with Crippen LogP contribution in [0.15, 0.2) is 27.4 Å². The topological polar surface area (TPSA) is 76.5 Å². The van der Waals surface area contributed by atoms with Gasteiger partial charge in [0, 0.05) is 17.1 Å². The molecule has 1 aromatic carbocycles. The summed E-state index contributed by atoms with van der Waals surface area (Å²) >= 11 is 0. The van der Waals surface area contributed by atoms with Gasteiger partial charge in [-0.25, -0.2) is 4.79 Å². The normalized spacial score (nSPS) is 10.8. The van der Waals surface area contributed by atoms with Crippen LogP contribution in [0.4, 0.5) is 5.69 Å². The highest BCUT2D eigenvalue weighted by atomic mass is 16.4. The maximum Gasteiger partial charge on any atom is 0.342 e. The molecule has 2 aromatic rings. The van der Waals surface area contributed by atoms with Crippen molar-refractivity contribution in [3.63, 3.8) is 0 Å². The van der Waals surface area contributed by atoms with Crippen molar-refractivity contribution >= 4 is 16.7 Å². The first-order valence-electron chi connectivity index (χ1n) is 4.56. The van der Waals surface area contributed by atoms with Gasteiger partial charge in [-0.15, -0.1) is 0 Å². The van der Waals surface area contributed by atoms with Gasteiger partial charge in [-0.2, -0.15) is 0 Å². The minimum absolute atomic E-state index is 0.298. The third-order valence-electron chi connectivity index (χ3n) is 2.47. The van der Waals surface area contributed by atoms with E-state index in [0.717, 1.165) is 10.9 Å². The Hall–Kier alpha value is -1.81. The quantitative estimate of drug-likeness (QED) is 0.541. The van der Waals surface area contributed by atoms with Gasteiger partial charge in [0.05, 0.1) is 12.2 Å². The number of aliphatic hydroxyl groups excluding tert-OH is 1. The van der Waals surface area contributed by atoms with Crippen molar-refractivity contribution in [3.05, 3.63) is 39.7 Å². The van der Waals surface area contributed by atoms with Crippen LogP contribution in [0.2, 0.25) is 0 Å². The molecule has 1 aromatic heterocycles. The number of hydrogen-bond acceptors (Lipinski definition) is 4. The zero-order valence-electron chi connectivity index (χ0n) is 8.28. The van der Waals surface area contributed by atoms with Gasteiger partial charge in [0.1, 0.15) is 5.58 Å². The van der Waals surface area contributed by atoms with Gasteiger partial charge in [0.25, 0.3) is 0 Å². The van der Waals surface area contributed by atoms with E-state index in [1.54, 1.807) is 25.1 Å². The van der Waals surface area contributed by atoms with Gasteiger partial charge >= 0.3 is 5.63 Å². The van der Waals surface area contributed by atoms with E-state index >= 15 is 0 Å². The number of anilines is 1. The van der Waals surface area contributed by atoms with E-state index < -0.39 is 5.63 Å². The third-order valence-corrected chi connectivity index (χ3v) is 2.47. The fourth-order valence-corrected chi connectivity index (χ4v) is 1.59. The molecule has 3 N–H and O–H groups in total. The fraction of sp³-hybridized carbons (Fsp3) is 0.182. The van der Waals surface area contributed by atoms with Crippen LogP contribution in [-0.4, -0.2) is 5.11 Å². The first-order valence-corrected chi connectivity index (χ1v) is 4.56. The lowest BCUT2D eigenvalue weighted by Crippen LogP contribution is -2.09. The van der Waals surface area contributed by atoms with Crippen molar-refractivity contribution in [3.8, 4) is 0 Å². The molecular weight excluding hydrogens is 194 g/mol. The molecule has 0 atom stereocenters. The maximum absolute atomic E-state index is 11.4. The lowest BCUT2D eigenvalue weighted by atomic mass is 10.1. The zero-order valence-corrected chi connectivity index (χ0v) is 8.28. The molecule has 0 saturated heterocycles. The Morgan fingerprint density at radius 3 is 2.87 bits per heavy atom. The molecule has 4 heteroatoms. The molecule has 0 unspecified atom stereocenters.